The van der Waals surface area contributed by atoms with Crippen LogP contribution in [0.4, 0.5) is 0 Å². The molecule has 18 heavy (non-hydrogen) atoms. The summed E-state index contributed by atoms with van der Waals surface area (Å²) in [6.07, 6.45) is -0.199. The van der Waals surface area contributed by atoms with E-state index in [-0.39, 0.29) is 23.7 Å². The normalized spacial score (nSPS) is 12.0. The molecule has 0 bridgehead atoms. The number of thiophene rings is 1. The zero-order chi connectivity index (χ0) is 13.9. The lowest BCUT2D eigenvalue weighted by Gasteiger charge is -2.18. The van der Waals surface area contributed by atoms with E-state index in [9.17, 15) is 13.2 Å². The van der Waals surface area contributed by atoms with E-state index in [1.807, 2.05) is 6.92 Å². The smallest absolute Gasteiger partial charge is 0.304 e. The summed E-state index contributed by atoms with van der Waals surface area (Å²) in [7, 11) is -3.61. The average Bonchev–Trinajstić information content (AvgIpc) is 2.58. The van der Waals surface area contributed by atoms with Crippen molar-refractivity contribution in [3.05, 3.63) is 15.4 Å². The van der Waals surface area contributed by atoms with Gasteiger partial charge in [0.25, 0.3) is 10.0 Å². The number of carboxylic acid groups (broad SMARTS) is 1. The van der Waals surface area contributed by atoms with E-state index in [2.05, 4.69) is 15.9 Å². The zero-order valence-corrected chi connectivity index (χ0v) is 13.2. The molecule has 0 atom stereocenters. The summed E-state index contributed by atoms with van der Waals surface area (Å²) in [5.41, 5.74) is 0. The Morgan fingerprint density at radius 3 is 2.56 bits per heavy atom. The summed E-state index contributed by atoms with van der Waals surface area (Å²) < 4.78 is 26.6. The van der Waals surface area contributed by atoms with Gasteiger partial charge < -0.3 is 5.11 Å². The largest absolute Gasteiger partial charge is 0.481 e. The second-order valence-corrected chi connectivity index (χ2v) is 7.88. The van der Waals surface area contributed by atoms with Gasteiger partial charge in [-0.3, -0.25) is 4.79 Å². The van der Waals surface area contributed by atoms with Crippen molar-refractivity contribution in [2.24, 2.45) is 0 Å². The molecule has 0 fully saturated rings. The topological polar surface area (TPSA) is 74.7 Å². The summed E-state index contributed by atoms with van der Waals surface area (Å²) in [6, 6.07) is 1.74. The van der Waals surface area contributed by atoms with Crippen LogP contribution in [0, 0.1) is 6.92 Å². The Balaban J connectivity index is 3.03. The molecule has 0 aliphatic carbocycles. The van der Waals surface area contributed by atoms with Gasteiger partial charge in [0, 0.05) is 22.4 Å². The van der Waals surface area contributed by atoms with E-state index in [4.69, 9.17) is 5.11 Å². The molecular weight excluding hydrogens is 342 g/mol. The number of sulfonamides is 1. The highest BCUT2D eigenvalue weighted by Crippen LogP contribution is 2.33. The molecule has 0 aliphatic rings. The molecule has 1 aromatic rings. The van der Waals surface area contributed by atoms with Crippen molar-refractivity contribution in [1.82, 2.24) is 4.31 Å². The first kappa shape index (κ1) is 15.6. The van der Waals surface area contributed by atoms with Gasteiger partial charge in [0.2, 0.25) is 0 Å². The number of nitrogens with zero attached hydrogens (tertiary/aromatic N) is 1. The van der Waals surface area contributed by atoms with E-state index < -0.39 is 16.0 Å². The fraction of sp³-hybridized carbons (Fsp3) is 0.500. The number of hydrogen-bond acceptors (Lipinski definition) is 4. The van der Waals surface area contributed by atoms with Gasteiger partial charge in [0.1, 0.15) is 4.21 Å². The number of rotatable bonds is 6. The Morgan fingerprint density at radius 1 is 1.56 bits per heavy atom. The van der Waals surface area contributed by atoms with Gasteiger partial charge in [0.15, 0.2) is 0 Å². The maximum absolute atomic E-state index is 12.3. The molecule has 0 saturated carbocycles. The molecule has 0 spiro atoms. The van der Waals surface area contributed by atoms with Crippen LogP contribution in [0.2, 0.25) is 0 Å². The minimum Gasteiger partial charge on any atom is -0.481 e. The Labute approximate surface area is 119 Å². The van der Waals surface area contributed by atoms with Crippen molar-refractivity contribution >= 4 is 43.3 Å². The van der Waals surface area contributed by atoms with Crippen LogP contribution in [0.3, 0.4) is 0 Å². The fourth-order valence-corrected chi connectivity index (χ4v) is 5.74. The lowest BCUT2D eigenvalue weighted by atomic mass is 10.4. The highest BCUT2D eigenvalue weighted by molar-refractivity contribution is 9.10. The third-order valence-corrected chi connectivity index (χ3v) is 6.97. The van der Waals surface area contributed by atoms with Gasteiger partial charge in [-0.1, -0.05) is 6.92 Å². The van der Waals surface area contributed by atoms with Crippen LogP contribution in [0.15, 0.2) is 14.7 Å². The van der Waals surface area contributed by atoms with Gasteiger partial charge in [-0.2, -0.15) is 4.31 Å². The lowest BCUT2D eigenvalue weighted by molar-refractivity contribution is -0.137. The van der Waals surface area contributed by atoms with Gasteiger partial charge in [0.05, 0.1) is 6.42 Å². The Kier molecular flexibility index (Phi) is 5.32. The van der Waals surface area contributed by atoms with Crippen molar-refractivity contribution in [3.63, 3.8) is 0 Å². The quantitative estimate of drug-likeness (QED) is 0.849. The van der Waals surface area contributed by atoms with Crippen LogP contribution in [0.25, 0.3) is 0 Å². The number of carbonyl (C=O) groups is 1. The van der Waals surface area contributed by atoms with E-state index >= 15 is 0 Å². The number of aryl methyl sites for hydroxylation is 1. The molecule has 1 heterocycles. The second kappa shape index (κ2) is 6.14. The van der Waals surface area contributed by atoms with E-state index in [0.717, 1.165) is 4.88 Å². The molecule has 0 aromatic carbocycles. The first-order chi connectivity index (χ1) is 8.28. The molecule has 0 radical (unpaired) electrons. The molecule has 1 aromatic heterocycles. The fourth-order valence-electron chi connectivity index (χ4n) is 1.42. The number of aliphatic carboxylic acids is 1. The predicted molar refractivity (Wildman–Crippen MR) is 73.4 cm³/mol. The van der Waals surface area contributed by atoms with Gasteiger partial charge >= 0.3 is 5.97 Å². The van der Waals surface area contributed by atoms with Crippen molar-refractivity contribution in [2.75, 3.05) is 13.1 Å². The number of halogens is 1. The number of hydrogen-bond donors (Lipinski definition) is 1. The SMILES string of the molecule is CCN(CCC(=O)O)S(=O)(=O)c1sc(C)cc1Br. The molecular formula is C10H14BrNO4S2. The van der Waals surface area contributed by atoms with Gasteiger partial charge in [-0.05, 0) is 28.9 Å². The van der Waals surface area contributed by atoms with Gasteiger partial charge in [-0.15, -0.1) is 11.3 Å². The standard InChI is InChI=1S/C10H14BrNO4S2/c1-3-12(5-4-9(13)14)18(15,16)10-8(11)6-7(2)17-10/h6H,3-5H2,1-2H3,(H,13,14). The Hall–Kier alpha value is -0.440. The Morgan fingerprint density at radius 2 is 2.17 bits per heavy atom. The maximum Gasteiger partial charge on any atom is 0.304 e. The van der Waals surface area contributed by atoms with Crippen LogP contribution in [0.1, 0.15) is 18.2 Å². The maximum atomic E-state index is 12.3. The highest BCUT2D eigenvalue weighted by Gasteiger charge is 2.27. The summed E-state index contributed by atoms with van der Waals surface area (Å²) in [4.78, 5) is 11.4. The van der Waals surface area contributed by atoms with Crippen molar-refractivity contribution < 1.29 is 18.3 Å². The molecule has 8 heteroatoms. The van der Waals surface area contributed by atoms with Crippen LogP contribution >= 0.6 is 27.3 Å². The van der Waals surface area contributed by atoms with Crippen molar-refractivity contribution in [2.45, 2.75) is 24.5 Å². The minimum absolute atomic E-state index is 0.0163. The Bertz CT molecular complexity index is 538. The average molecular weight is 356 g/mol. The van der Waals surface area contributed by atoms with E-state index in [0.29, 0.717) is 4.47 Å². The molecule has 5 nitrogen and oxygen atoms in total. The summed E-state index contributed by atoms with van der Waals surface area (Å²) in [5, 5.41) is 8.62. The molecule has 1 N–H and O–H groups in total. The molecule has 0 unspecified atom stereocenters. The van der Waals surface area contributed by atoms with Crippen LogP contribution < -0.4 is 0 Å². The van der Waals surface area contributed by atoms with Gasteiger partial charge in [-0.25, -0.2) is 8.42 Å². The van der Waals surface area contributed by atoms with Crippen LogP contribution in [-0.2, 0) is 14.8 Å². The van der Waals surface area contributed by atoms with E-state index in [1.165, 1.54) is 15.6 Å². The van der Waals surface area contributed by atoms with E-state index in [1.54, 1.807) is 13.0 Å². The summed E-state index contributed by atoms with van der Waals surface area (Å²) in [5.74, 6) is -1.01. The summed E-state index contributed by atoms with van der Waals surface area (Å²) >= 11 is 4.39. The number of carboxylic acids is 1. The third-order valence-electron chi connectivity index (χ3n) is 2.28. The highest BCUT2D eigenvalue weighted by atomic mass is 79.9. The molecule has 102 valence electrons. The molecule has 0 amide bonds. The predicted octanol–water partition coefficient (Wildman–Crippen LogP) is 2.30. The monoisotopic (exact) mass is 355 g/mol. The molecule has 1 rings (SSSR count). The van der Waals surface area contributed by atoms with Crippen molar-refractivity contribution in [1.29, 1.82) is 0 Å². The second-order valence-electron chi connectivity index (χ2n) is 3.63. The van der Waals surface area contributed by atoms with Crippen molar-refractivity contribution in [3.8, 4) is 0 Å². The first-order valence-electron chi connectivity index (χ1n) is 5.27. The first-order valence-corrected chi connectivity index (χ1v) is 8.32. The molecule has 0 saturated heterocycles. The minimum atomic E-state index is -3.61. The van der Waals surface area contributed by atoms with Crippen LogP contribution in [0.5, 0.6) is 0 Å². The zero-order valence-electron chi connectivity index (χ0n) is 10.0. The third kappa shape index (κ3) is 3.53. The van der Waals surface area contributed by atoms with Crippen LogP contribution in [-0.4, -0.2) is 36.9 Å². The lowest BCUT2D eigenvalue weighted by Crippen LogP contribution is -2.32. The molecule has 0 aliphatic heterocycles. The summed E-state index contributed by atoms with van der Waals surface area (Å²) in [6.45, 7) is 3.74.